The third kappa shape index (κ3) is 2.43. The summed E-state index contributed by atoms with van der Waals surface area (Å²) in [6, 6.07) is 16.6. The summed E-state index contributed by atoms with van der Waals surface area (Å²) in [4.78, 5) is 12.5. The molecule has 1 spiro atoms. The van der Waals surface area contributed by atoms with Gasteiger partial charge < -0.3 is 19.7 Å². The number of benzene rings is 3. The van der Waals surface area contributed by atoms with E-state index in [2.05, 4.69) is 0 Å². The maximum Gasteiger partial charge on any atom is 0.340 e. The lowest BCUT2D eigenvalue weighted by Crippen LogP contribution is -2.32. The van der Waals surface area contributed by atoms with E-state index in [1.165, 1.54) is 24.3 Å². The van der Waals surface area contributed by atoms with E-state index in [4.69, 9.17) is 9.47 Å². The molecule has 7 heteroatoms. The SMILES string of the molecule is Cl.Cl.O=C1OC2(c3ccc(O)cc3Oc3cc(O)ccc32)c2ccccc21. The van der Waals surface area contributed by atoms with Crippen molar-refractivity contribution in [3.63, 3.8) is 0 Å². The first-order valence-electron chi connectivity index (χ1n) is 7.77. The fourth-order valence-electron chi connectivity index (χ4n) is 3.65. The van der Waals surface area contributed by atoms with Crippen LogP contribution in [0.5, 0.6) is 23.0 Å². The average molecular weight is 405 g/mol. The van der Waals surface area contributed by atoms with Gasteiger partial charge in [-0.3, -0.25) is 0 Å². The molecule has 5 rings (SSSR count). The van der Waals surface area contributed by atoms with Crippen LogP contribution in [0.4, 0.5) is 0 Å². The molecule has 0 radical (unpaired) electrons. The molecule has 0 aromatic heterocycles. The van der Waals surface area contributed by atoms with Gasteiger partial charge in [0.1, 0.15) is 23.0 Å². The molecule has 0 unspecified atom stereocenters. The Balaban J connectivity index is 0.00000105. The minimum Gasteiger partial charge on any atom is -0.508 e. The van der Waals surface area contributed by atoms with Gasteiger partial charge in [-0.25, -0.2) is 4.79 Å². The monoisotopic (exact) mass is 404 g/mol. The van der Waals surface area contributed by atoms with E-state index in [0.29, 0.717) is 33.8 Å². The highest BCUT2D eigenvalue weighted by atomic mass is 35.5. The second-order valence-corrected chi connectivity index (χ2v) is 6.08. The smallest absolute Gasteiger partial charge is 0.340 e. The maximum atomic E-state index is 12.5. The highest BCUT2D eigenvalue weighted by molar-refractivity contribution is 5.97. The molecule has 2 heterocycles. The second-order valence-electron chi connectivity index (χ2n) is 6.08. The van der Waals surface area contributed by atoms with E-state index in [1.807, 2.05) is 12.1 Å². The molecule has 27 heavy (non-hydrogen) atoms. The van der Waals surface area contributed by atoms with E-state index in [-0.39, 0.29) is 36.3 Å². The van der Waals surface area contributed by atoms with Crippen LogP contribution in [0.2, 0.25) is 0 Å². The third-order valence-electron chi connectivity index (χ3n) is 4.68. The molecule has 0 bridgehead atoms. The Hall–Kier alpha value is -2.89. The van der Waals surface area contributed by atoms with Crippen LogP contribution in [0.1, 0.15) is 27.0 Å². The van der Waals surface area contributed by atoms with Crippen LogP contribution >= 0.6 is 24.8 Å². The number of phenolic OH excluding ortho intramolecular Hbond substituents is 2. The molecule has 0 fully saturated rings. The topological polar surface area (TPSA) is 76.0 Å². The van der Waals surface area contributed by atoms with Crippen molar-refractivity contribution in [3.05, 3.63) is 82.9 Å². The molecule has 138 valence electrons. The summed E-state index contributed by atoms with van der Waals surface area (Å²) in [5.74, 6) is 0.408. The Kier molecular flexibility index (Phi) is 4.46. The zero-order valence-electron chi connectivity index (χ0n) is 13.7. The van der Waals surface area contributed by atoms with Gasteiger partial charge in [0.2, 0.25) is 0 Å². The minimum atomic E-state index is -1.17. The molecular weight excluding hydrogens is 391 g/mol. The minimum absolute atomic E-state index is 0. The van der Waals surface area contributed by atoms with Crippen molar-refractivity contribution in [2.75, 3.05) is 0 Å². The van der Waals surface area contributed by atoms with Gasteiger partial charge in [0.25, 0.3) is 0 Å². The molecule has 0 saturated carbocycles. The van der Waals surface area contributed by atoms with Gasteiger partial charge in [0.05, 0.1) is 5.56 Å². The summed E-state index contributed by atoms with van der Waals surface area (Å²) in [6.07, 6.45) is 0. The summed E-state index contributed by atoms with van der Waals surface area (Å²) in [5.41, 5.74) is 1.28. The molecule has 2 aliphatic heterocycles. The summed E-state index contributed by atoms with van der Waals surface area (Å²) < 4.78 is 11.8. The number of ether oxygens (including phenoxy) is 2. The van der Waals surface area contributed by atoms with Crippen molar-refractivity contribution in [2.45, 2.75) is 5.60 Å². The molecule has 3 aromatic carbocycles. The lowest BCUT2D eigenvalue weighted by Gasteiger charge is -2.36. The third-order valence-corrected chi connectivity index (χ3v) is 4.68. The zero-order valence-corrected chi connectivity index (χ0v) is 15.3. The fraction of sp³-hybridized carbons (Fsp3) is 0.0500. The predicted octanol–water partition coefficient (Wildman–Crippen LogP) is 4.51. The summed E-state index contributed by atoms with van der Waals surface area (Å²) >= 11 is 0. The predicted molar refractivity (Wildman–Crippen MR) is 103 cm³/mol. The first-order chi connectivity index (χ1) is 12.1. The Morgan fingerprint density at radius 3 is 1.89 bits per heavy atom. The lowest BCUT2D eigenvalue weighted by molar-refractivity contribution is 0.0224. The van der Waals surface area contributed by atoms with Gasteiger partial charge in [-0.2, -0.15) is 0 Å². The molecule has 2 N–H and O–H groups in total. The number of hydrogen-bond donors (Lipinski definition) is 2. The van der Waals surface area contributed by atoms with Crippen LogP contribution in [0.15, 0.2) is 60.7 Å². The van der Waals surface area contributed by atoms with Crippen LogP contribution in [-0.2, 0) is 10.3 Å². The van der Waals surface area contributed by atoms with Crippen molar-refractivity contribution in [2.24, 2.45) is 0 Å². The van der Waals surface area contributed by atoms with Crippen molar-refractivity contribution < 1.29 is 24.5 Å². The van der Waals surface area contributed by atoms with Crippen molar-refractivity contribution in [3.8, 4) is 23.0 Å². The first-order valence-corrected chi connectivity index (χ1v) is 7.77. The Labute approximate surface area is 167 Å². The molecule has 0 saturated heterocycles. The van der Waals surface area contributed by atoms with E-state index < -0.39 is 11.6 Å². The van der Waals surface area contributed by atoms with Crippen LogP contribution in [0.25, 0.3) is 0 Å². The normalized spacial score (nSPS) is 14.6. The van der Waals surface area contributed by atoms with Crippen LogP contribution < -0.4 is 4.74 Å². The van der Waals surface area contributed by atoms with Gasteiger partial charge in [-0.15, -0.1) is 24.8 Å². The highest BCUT2D eigenvalue weighted by Gasteiger charge is 2.53. The number of aromatic hydroxyl groups is 2. The van der Waals surface area contributed by atoms with Crippen molar-refractivity contribution in [1.29, 1.82) is 0 Å². The molecule has 0 atom stereocenters. The molecule has 5 nitrogen and oxygen atoms in total. The summed E-state index contributed by atoms with van der Waals surface area (Å²) in [7, 11) is 0. The number of hydrogen-bond acceptors (Lipinski definition) is 5. The number of fused-ring (bicyclic) bond motifs is 6. The molecular formula is C20H14Cl2O5. The average Bonchev–Trinajstić information content (AvgIpc) is 2.88. The van der Waals surface area contributed by atoms with Crippen molar-refractivity contribution >= 4 is 30.8 Å². The fourth-order valence-corrected chi connectivity index (χ4v) is 3.65. The Bertz CT molecular complexity index is 1010. The van der Waals surface area contributed by atoms with Gasteiger partial charge in [-0.1, -0.05) is 18.2 Å². The number of rotatable bonds is 0. The van der Waals surface area contributed by atoms with E-state index in [9.17, 15) is 15.0 Å². The quantitative estimate of drug-likeness (QED) is 0.539. The second kappa shape index (κ2) is 6.37. The van der Waals surface area contributed by atoms with Crippen LogP contribution in [-0.4, -0.2) is 16.2 Å². The largest absolute Gasteiger partial charge is 0.508 e. The van der Waals surface area contributed by atoms with Gasteiger partial charge >= 0.3 is 5.97 Å². The highest BCUT2D eigenvalue weighted by Crippen LogP contribution is 2.56. The van der Waals surface area contributed by atoms with E-state index >= 15 is 0 Å². The lowest BCUT2D eigenvalue weighted by atomic mass is 9.77. The van der Waals surface area contributed by atoms with E-state index in [0.717, 1.165) is 0 Å². The zero-order chi connectivity index (χ0) is 17.2. The molecule has 0 amide bonds. The van der Waals surface area contributed by atoms with E-state index in [1.54, 1.807) is 24.3 Å². The molecule has 0 aliphatic carbocycles. The molecule has 2 aliphatic rings. The number of phenols is 2. The first kappa shape index (κ1) is 18.9. The number of esters is 1. The Morgan fingerprint density at radius 2 is 1.30 bits per heavy atom. The van der Waals surface area contributed by atoms with Gasteiger partial charge in [0, 0.05) is 28.8 Å². The van der Waals surface area contributed by atoms with Crippen LogP contribution in [0, 0.1) is 0 Å². The number of carbonyl (C=O) groups excluding carboxylic acids is 1. The van der Waals surface area contributed by atoms with Gasteiger partial charge in [-0.05, 0) is 30.3 Å². The van der Waals surface area contributed by atoms with Crippen molar-refractivity contribution in [1.82, 2.24) is 0 Å². The standard InChI is InChI=1S/C20H12O5.2ClH/c21-11-5-7-15-17(9-11)24-18-10-12(22)6-8-16(18)20(15)14-4-2-1-3-13(14)19(23)25-20;;/h1-10,21-22H;2*1H. The van der Waals surface area contributed by atoms with Crippen LogP contribution in [0.3, 0.4) is 0 Å². The maximum absolute atomic E-state index is 12.5. The summed E-state index contributed by atoms with van der Waals surface area (Å²) in [5, 5.41) is 19.7. The van der Waals surface area contributed by atoms with Gasteiger partial charge in [0.15, 0.2) is 5.60 Å². The number of halogens is 2. The summed E-state index contributed by atoms with van der Waals surface area (Å²) in [6.45, 7) is 0. The number of carbonyl (C=O) groups is 1. The Morgan fingerprint density at radius 1 is 0.741 bits per heavy atom. The molecule has 3 aromatic rings.